The summed E-state index contributed by atoms with van der Waals surface area (Å²) in [6.07, 6.45) is 2.77. The molecule has 0 radical (unpaired) electrons. The Hall–Kier alpha value is -2.68. The number of nitrogens with one attached hydrogen (secondary N) is 2. The minimum Gasteiger partial charge on any atom is -0.432 e. The molecule has 3 heterocycles. The minimum absolute atomic E-state index is 0.0874. The zero-order chi connectivity index (χ0) is 15.7. The quantitative estimate of drug-likeness (QED) is 0.754. The molecule has 0 aliphatic carbocycles. The molecule has 9 heteroatoms. The SMILES string of the molecule is CNc1cc2c(C)nn(CC(=O)Nc3ncco3)c(=O)c2s1. The predicted octanol–water partition coefficient (Wildman–Crippen LogP) is 1.43. The molecule has 3 rings (SSSR count). The van der Waals surface area contributed by atoms with Crippen LogP contribution in [0.3, 0.4) is 0 Å². The lowest BCUT2D eigenvalue weighted by Crippen LogP contribution is -2.30. The van der Waals surface area contributed by atoms with E-state index in [1.165, 1.54) is 23.8 Å². The van der Waals surface area contributed by atoms with Gasteiger partial charge in [-0.05, 0) is 13.0 Å². The summed E-state index contributed by atoms with van der Waals surface area (Å²) in [4.78, 5) is 28.1. The van der Waals surface area contributed by atoms with Gasteiger partial charge in [-0.15, -0.1) is 11.3 Å². The lowest BCUT2D eigenvalue weighted by molar-refractivity contribution is -0.117. The second-order valence-electron chi connectivity index (χ2n) is 4.54. The number of amides is 1. The molecule has 0 aliphatic rings. The second-order valence-corrected chi connectivity index (χ2v) is 5.59. The van der Waals surface area contributed by atoms with Gasteiger partial charge < -0.3 is 9.73 Å². The van der Waals surface area contributed by atoms with Crippen LogP contribution in [-0.2, 0) is 11.3 Å². The van der Waals surface area contributed by atoms with E-state index in [9.17, 15) is 9.59 Å². The highest BCUT2D eigenvalue weighted by molar-refractivity contribution is 7.22. The lowest BCUT2D eigenvalue weighted by atomic mass is 10.3. The Morgan fingerprint density at radius 3 is 3.00 bits per heavy atom. The van der Waals surface area contributed by atoms with Gasteiger partial charge in [0, 0.05) is 12.4 Å². The largest absolute Gasteiger partial charge is 0.432 e. The fourth-order valence-electron chi connectivity index (χ4n) is 2.03. The summed E-state index contributed by atoms with van der Waals surface area (Å²) in [5.74, 6) is -0.429. The van der Waals surface area contributed by atoms with Gasteiger partial charge in [0.1, 0.15) is 17.5 Å². The number of hydrogen-bond donors (Lipinski definition) is 2. The van der Waals surface area contributed by atoms with Gasteiger partial charge in [-0.3, -0.25) is 14.9 Å². The third kappa shape index (κ3) is 2.58. The molecule has 114 valence electrons. The van der Waals surface area contributed by atoms with Gasteiger partial charge in [-0.25, -0.2) is 9.67 Å². The number of aromatic nitrogens is 3. The molecule has 1 amide bonds. The number of aryl methyl sites for hydroxylation is 1. The van der Waals surface area contributed by atoms with Gasteiger partial charge in [-0.2, -0.15) is 5.10 Å². The molecule has 3 aromatic rings. The van der Waals surface area contributed by atoms with Crippen LogP contribution in [0.15, 0.2) is 27.7 Å². The molecule has 2 N–H and O–H groups in total. The molecule has 0 saturated heterocycles. The highest BCUT2D eigenvalue weighted by atomic mass is 32.1. The van der Waals surface area contributed by atoms with E-state index < -0.39 is 5.91 Å². The predicted molar refractivity (Wildman–Crippen MR) is 83.3 cm³/mol. The first-order chi connectivity index (χ1) is 10.6. The normalized spacial score (nSPS) is 10.8. The summed E-state index contributed by atoms with van der Waals surface area (Å²) in [6.45, 7) is 1.60. The van der Waals surface area contributed by atoms with Crippen LogP contribution in [0.5, 0.6) is 0 Å². The van der Waals surface area contributed by atoms with E-state index in [1.54, 1.807) is 14.0 Å². The molecule has 0 fully saturated rings. The Balaban J connectivity index is 1.92. The zero-order valence-corrected chi connectivity index (χ0v) is 12.7. The Kier molecular flexibility index (Phi) is 3.63. The van der Waals surface area contributed by atoms with E-state index in [-0.39, 0.29) is 18.1 Å². The average molecular weight is 319 g/mol. The zero-order valence-electron chi connectivity index (χ0n) is 11.9. The number of oxazole rings is 1. The number of rotatable bonds is 4. The van der Waals surface area contributed by atoms with Crippen LogP contribution in [0.4, 0.5) is 11.0 Å². The van der Waals surface area contributed by atoms with Crippen molar-refractivity contribution in [3.8, 4) is 0 Å². The highest BCUT2D eigenvalue weighted by Crippen LogP contribution is 2.27. The van der Waals surface area contributed by atoms with Crippen molar-refractivity contribution < 1.29 is 9.21 Å². The highest BCUT2D eigenvalue weighted by Gasteiger charge is 2.14. The average Bonchev–Trinajstić information content (AvgIpc) is 3.13. The number of anilines is 2. The van der Waals surface area contributed by atoms with E-state index in [1.807, 2.05) is 6.07 Å². The first kappa shape index (κ1) is 14.3. The third-order valence-corrected chi connectivity index (χ3v) is 4.18. The Bertz CT molecular complexity index is 881. The molecule has 0 aliphatic heterocycles. The molecular weight excluding hydrogens is 306 g/mol. The summed E-state index contributed by atoms with van der Waals surface area (Å²) in [6, 6.07) is 1.96. The van der Waals surface area contributed by atoms with Crippen LogP contribution in [0.25, 0.3) is 10.1 Å². The molecule has 0 atom stereocenters. The second kappa shape index (κ2) is 5.60. The summed E-state index contributed by atoms with van der Waals surface area (Å²) in [5.41, 5.74) is 0.394. The summed E-state index contributed by atoms with van der Waals surface area (Å²) >= 11 is 1.34. The van der Waals surface area contributed by atoms with Gasteiger partial charge in [0.2, 0.25) is 5.91 Å². The van der Waals surface area contributed by atoms with Crippen LogP contribution in [0.1, 0.15) is 5.69 Å². The molecule has 8 nitrogen and oxygen atoms in total. The maximum atomic E-state index is 12.4. The third-order valence-electron chi connectivity index (χ3n) is 3.04. The van der Waals surface area contributed by atoms with Crippen LogP contribution < -0.4 is 16.2 Å². The topological polar surface area (TPSA) is 102 Å². The fraction of sp³-hybridized carbons (Fsp3) is 0.231. The van der Waals surface area contributed by atoms with Crippen LogP contribution >= 0.6 is 11.3 Å². The van der Waals surface area contributed by atoms with Crippen molar-refractivity contribution in [3.63, 3.8) is 0 Å². The smallest absolute Gasteiger partial charge is 0.301 e. The van der Waals surface area contributed by atoms with E-state index in [4.69, 9.17) is 4.42 Å². The standard InChI is InChI=1S/C13H13N5O3S/c1-7-8-5-10(14-2)22-11(8)12(20)18(17-7)6-9(19)16-13-15-3-4-21-13/h3-5,14H,6H2,1-2H3,(H,15,16,19). The lowest BCUT2D eigenvalue weighted by Gasteiger charge is -2.05. The Morgan fingerprint density at radius 2 is 2.32 bits per heavy atom. The number of fused-ring (bicyclic) bond motifs is 1. The van der Waals surface area contributed by atoms with Gasteiger partial charge >= 0.3 is 6.01 Å². The van der Waals surface area contributed by atoms with Crippen LogP contribution in [-0.4, -0.2) is 27.7 Å². The molecule has 3 aromatic heterocycles. The Labute approximate surface area is 128 Å². The van der Waals surface area contributed by atoms with E-state index in [2.05, 4.69) is 20.7 Å². The minimum atomic E-state index is -0.429. The fourth-order valence-corrected chi connectivity index (χ4v) is 3.03. The van der Waals surface area contributed by atoms with Crippen molar-refractivity contribution in [2.45, 2.75) is 13.5 Å². The van der Waals surface area contributed by atoms with Crippen molar-refractivity contribution in [2.75, 3.05) is 17.7 Å². The van der Waals surface area contributed by atoms with Gasteiger partial charge in [-0.1, -0.05) is 0 Å². The van der Waals surface area contributed by atoms with E-state index >= 15 is 0 Å². The van der Waals surface area contributed by atoms with Gasteiger partial charge in [0.25, 0.3) is 5.56 Å². The maximum absolute atomic E-state index is 12.4. The molecule has 0 spiro atoms. The summed E-state index contributed by atoms with van der Waals surface area (Å²) < 4.78 is 6.64. The number of hydrogen-bond acceptors (Lipinski definition) is 7. The van der Waals surface area contributed by atoms with E-state index in [0.717, 1.165) is 15.1 Å². The van der Waals surface area contributed by atoms with Gasteiger partial charge in [0.05, 0.1) is 16.9 Å². The van der Waals surface area contributed by atoms with Crippen LogP contribution in [0.2, 0.25) is 0 Å². The van der Waals surface area contributed by atoms with Crippen LogP contribution in [0, 0.1) is 6.92 Å². The molecule has 0 bridgehead atoms. The molecule has 0 aromatic carbocycles. The van der Waals surface area contributed by atoms with E-state index in [0.29, 0.717) is 10.4 Å². The van der Waals surface area contributed by atoms with Crippen molar-refractivity contribution in [3.05, 3.63) is 34.6 Å². The molecule has 22 heavy (non-hydrogen) atoms. The summed E-state index contributed by atoms with van der Waals surface area (Å²) in [5, 5.41) is 11.3. The monoisotopic (exact) mass is 319 g/mol. The maximum Gasteiger partial charge on any atom is 0.301 e. The van der Waals surface area contributed by atoms with Crippen molar-refractivity contribution in [1.29, 1.82) is 0 Å². The van der Waals surface area contributed by atoms with Crippen molar-refractivity contribution in [2.24, 2.45) is 0 Å². The summed E-state index contributed by atoms with van der Waals surface area (Å²) in [7, 11) is 1.79. The number of nitrogens with zero attached hydrogens (tertiary/aromatic N) is 3. The molecule has 0 unspecified atom stereocenters. The van der Waals surface area contributed by atoms with Crippen molar-refractivity contribution in [1.82, 2.24) is 14.8 Å². The number of carbonyl (C=O) groups is 1. The number of carbonyl (C=O) groups excluding carboxylic acids is 1. The first-order valence-corrected chi connectivity index (χ1v) is 7.28. The van der Waals surface area contributed by atoms with Crippen molar-refractivity contribution >= 4 is 38.3 Å². The van der Waals surface area contributed by atoms with Gasteiger partial charge in [0.15, 0.2) is 0 Å². The first-order valence-electron chi connectivity index (χ1n) is 6.47. The molecular formula is C13H13N5O3S. The Morgan fingerprint density at radius 1 is 1.50 bits per heavy atom. The molecule has 0 saturated carbocycles. The number of thiophene rings is 1.